The van der Waals surface area contributed by atoms with Gasteiger partial charge in [0.1, 0.15) is 23.0 Å². The van der Waals surface area contributed by atoms with E-state index >= 15 is 0 Å². The lowest BCUT2D eigenvalue weighted by atomic mass is 10.1. The predicted octanol–water partition coefficient (Wildman–Crippen LogP) is 4.63. The van der Waals surface area contributed by atoms with Crippen molar-refractivity contribution in [3.63, 3.8) is 0 Å². The van der Waals surface area contributed by atoms with Crippen LogP contribution in [0.4, 0.5) is 11.4 Å². The number of amides is 1. The second-order valence-corrected chi connectivity index (χ2v) is 10.2. The maximum absolute atomic E-state index is 13.6. The number of benzene rings is 3. The van der Waals surface area contributed by atoms with Gasteiger partial charge in [-0.2, -0.15) is 0 Å². The van der Waals surface area contributed by atoms with Gasteiger partial charge in [-0.1, -0.05) is 23.2 Å². The third-order valence-electron chi connectivity index (χ3n) is 5.37. The van der Waals surface area contributed by atoms with Crippen molar-refractivity contribution in [1.82, 2.24) is 0 Å². The van der Waals surface area contributed by atoms with E-state index in [0.717, 1.165) is 4.31 Å². The first kappa shape index (κ1) is 25.6. The Morgan fingerprint density at radius 3 is 2.50 bits per heavy atom. The smallest absolute Gasteiger partial charge is 0.339 e. The number of rotatable bonds is 6. The number of ether oxygens (including phenoxy) is 3. The molecule has 36 heavy (non-hydrogen) atoms. The number of nitrogens with zero attached hydrogens (tertiary/aromatic N) is 1. The fraction of sp³-hybridized carbons (Fsp3) is 0.167. The number of anilines is 2. The highest BCUT2D eigenvalue weighted by Crippen LogP contribution is 2.39. The molecule has 0 unspecified atom stereocenters. The molecule has 0 radical (unpaired) electrons. The first-order valence-corrected chi connectivity index (χ1v) is 12.7. The fourth-order valence-corrected chi connectivity index (χ4v) is 5.76. The monoisotopic (exact) mass is 550 g/mol. The zero-order chi connectivity index (χ0) is 26.0. The van der Waals surface area contributed by atoms with E-state index in [9.17, 15) is 18.0 Å². The summed E-state index contributed by atoms with van der Waals surface area (Å²) in [5.41, 5.74) is 0.848. The minimum absolute atomic E-state index is 0.0146. The third kappa shape index (κ3) is 4.92. The number of hydrogen-bond acceptors (Lipinski definition) is 7. The quantitative estimate of drug-likeness (QED) is 0.445. The fourth-order valence-electron chi connectivity index (χ4n) is 3.63. The lowest BCUT2D eigenvalue weighted by Gasteiger charge is -2.31. The number of esters is 1. The minimum atomic E-state index is -4.11. The van der Waals surface area contributed by atoms with E-state index in [-0.39, 0.29) is 50.7 Å². The van der Waals surface area contributed by atoms with Crippen LogP contribution in [0.1, 0.15) is 20.7 Å². The summed E-state index contributed by atoms with van der Waals surface area (Å²) in [6, 6.07) is 13.1. The van der Waals surface area contributed by atoms with Gasteiger partial charge in [-0.3, -0.25) is 9.10 Å². The molecular formula is C24H20Cl2N2O7S. The summed E-state index contributed by atoms with van der Waals surface area (Å²) in [4.78, 5) is 24.6. The molecule has 1 N–H and O–H groups in total. The van der Waals surface area contributed by atoms with Crippen LogP contribution in [0.25, 0.3) is 0 Å². The SMILES string of the molecule is COC(=O)c1ccc(NC(=O)c2ccc3c(c2)N(S(=O)(=O)c2cc(Cl)ccc2OC)CCO3)cc1Cl. The van der Waals surface area contributed by atoms with E-state index in [1.807, 2.05) is 0 Å². The maximum atomic E-state index is 13.6. The molecule has 0 fully saturated rings. The Morgan fingerprint density at radius 1 is 1.03 bits per heavy atom. The van der Waals surface area contributed by atoms with Crippen LogP contribution in [-0.2, 0) is 14.8 Å². The number of methoxy groups -OCH3 is 2. The Kier molecular flexibility index (Phi) is 7.30. The molecule has 0 spiro atoms. The third-order valence-corrected chi connectivity index (χ3v) is 7.75. The van der Waals surface area contributed by atoms with Crippen LogP contribution in [0.15, 0.2) is 59.5 Å². The first-order valence-electron chi connectivity index (χ1n) is 10.5. The molecule has 1 aliphatic heterocycles. The van der Waals surface area contributed by atoms with E-state index < -0.39 is 21.9 Å². The van der Waals surface area contributed by atoms with Crippen molar-refractivity contribution >= 4 is 56.5 Å². The molecule has 1 amide bonds. The van der Waals surface area contributed by atoms with Gasteiger partial charge in [0.05, 0.1) is 37.0 Å². The van der Waals surface area contributed by atoms with Crippen LogP contribution in [0.2, 0.25) is 10.0 Å². The van der Waals surface area contributed by atoms with Gasteiger partial charge in [0, 0.05) is 16.3 Å². The highest BCUT2D eigenvalue weighted by Gasteiger charge is 2.33. The van der Waals surface area contributed by atoms with Gasteiger partial charge in [0.15, 0.2) is 0 Å². The first-order chi connectivity index (χ1) is 17.1. The van der Waals surface area contributed by atoms with Crippen molar-refractivity contribution in [3.8, 4) is 11.5 Å². The van der Waals surface area contributed by atoms with Gasteiger partial charge in [0.25, 0.3) is 15.9 Å². The molecular weight excluding hydrogens is 531 g/mol. The van der Waals surface area contributed by atoms with Gasteiger partial charge < -0.3 is 19.5 Å². The van der Waals surface area contributed by atoms with E-state index in [0.29, 0.717) is 11.4 Å². The summed E-state index contributed by atoms with van der Waals surface area (Å²) in [6.45, 7) is 0.131. The van der Waals surface area contributed by atoms with Crippen LogP contribution >= 0.6 is 23.2 Å². The highest BCUT2D eigenvalue weighted by atomic mass is 35.5. The Labute approximate surface area is 217 Å². The summed E-state index contributed by atoms with van der Waals surface area (Å²) >= 11 is 12.2. The maximum Gasteiger partial charge on any atom is 0.339 e. The summed E-state index contributed by atoms with van der Waals surface area (Å²) < 4.78 is 43.8. The van der Waals surface area contributed by atoms with Gasteiger partial charge in [-0.25, -0.2) is 13.2 Å². The van der Waals surface area contributed by atoms with Crippen LogP contribution in [0.5, 0.6) is 11.5 Å². The molecule has 12 heteroatoms. The van der Waals surface area contributed by atoms with Gasteiger partial charge in [0.2, 0.25) is 0 Å². The van der Waals surface area contributed by atoms with Crippen molar-refractivity contribution in [2.24, 2.45) is 0 Å². The van der Waals surface area contributed by atoms with Gasteiger partial charge >= 0.3 is 5.97 Å². The van der Waals surface area contributed by atoms with Crippen molar-refractivity contribution in [1.29, 1.82) is 0 Å². The molecule has 3 aromatic carbocycles. The zero-order valence-electron chi connectivity index (χ0n) is 19.1. The van der Waals surface area contributed by atoms with Gasteiger partial charge in [-0.15, -0.1) is 0 Å². The molecule has 1 heterocycles. The number of fused-ring (bicyclic) bond motifs is 1. The average Bonchev–Trinajstić information content (AvgIpc) is 2.87. The largest absolute Gasteiger partial charge is 0.495 e. The second-order valence-electron chi connectivity index (χ2n) is 7.54. The van der Waals surface area contributed by atoms with E-state index in [1.165, 1.54) is 68.8 Å². The Morgan fingerprint density at radius 2 is 1.81 bits per heavy atom. The molecule has 9 nitrogen and oxygen atoms in total. The van der Waals surface area contributed by atoms with Crippen LogP contribution in [0.3, 0.4) is 0 Å². The summed E-state index contributed by atoms with van der Waals surface area (Å²) in [5, 5.41) is 3.01. The number of halogens is 2. The lowest BCUT2D eigenvalue weighted by Crippen LogP contribution is -2.38. The van der Waals surface area contributed by atoms with Crippen molar-refractivity contribution in [2.45, 2.75) is 4.90 Å². The molecule has 0 saturated heterocycles. The number of carbonyl (C=O) groups is 2. The molecule has 3 aromatic rings. The molecule has 0 aromatic heterocycles. The van der Waals surface area contributed by atoms with E-state index in [4.69, 9.17) is 32.7 Å². The lowest BCUT2D eigenvalue weighted by molar-refractivity contribution is 0.0601. The molecule has 0 bridgehead atoms. The molecule has 0 atom stereocenters. The normalized spacial score (nSPS) is 12.8. The van der Waals surface area contributed by atoms with Crippen LogP contribution in [-0.4, -0.2) is 47.7 Å². The zero-order valence-corrected chi connectivity index (χ0v) is 21.4. The molecule has 4 rings (SSSR count). The number of sulfonamides is 1. The Bertz CT molecular complexity index is 1460. The van der Waals surface area contributed by atoms with Crippen molar-refractivity contribution in [2.75, 3.05) is 37.0 Å². The molecule has 188 valence electrons. The summed E-state index contributed by atoms with van der Waals surface area (Å²) in [5.74, 6) is -0.699. The number of nitrogens with one attached hydrogen (secondary N) is 1. The Hall–Kier alpha value is -3.47. The summed E-state index contributed by atoms with van der Waals surface area (Å²) in [6.07, 6.45) is 0. The minimum Gasteiger partial charge on any atom is -0.495 e. The molecule has 1 aliphatic rings. The second kappa shape index (κ2) is 10.3. The highest BCUT2D eigenvalue weighted by molar-refractivity contribution is 7.93. The van der Waals surface area contributed by atoms with Crippen molar-refractivity contribution in [3.05, 3.63) is 75.8 Å². The van der Waals surface area contributed by atoms with Crippen LogP contribution in [0, 0.1) is 0 Å². The molecule has 0 saturated carbocycles. The van der Waals surface area contributed by atoms with Crippen LogP contribution < -0.4 is 19.1 Å². The summed E-state index contributed by atoms with van der Waals surface area (Å²) in [7, 11) is -1.51. The number of carbonyl (C=O) groups excluding carboxylic acids is 2. The molecule has 0 aliphatic carbocycles. The average molecular weight is 551 g/mol. The Balaban J connectivity index is 1.66. The van der Waals surface area contributed by atoms with E-state index in [2.05, 4.69) is 10.1 Å². The number of hydrogen-bond donors (Lipinski definition) is 1. The van der Waals surface area contributed by atoms with Gasteiger partial charge in [-0.05, 0) is 54.6 Å². The van der Waals surface area contributed by atoms with E-state index in [1.54, 1.807) is 0 Å². The standard InChI is InChI=1S/C24H20Cl2N2O7S/c1-33-21-8-4-15(25)12-22(21)36(31,32)28-9-10-35-20-7-3-14(11-19(20)28)23(29)27-16-5-6-17(18(26)13-16)24(30)34-2/h3-8,11-13H,9-10H2,1-2H3,(H,27,29). The van der Waals surface area contributed by atoms with Crippen molar-refractivity contribution < 1.29 is 32.2 Å². The topological polar surface area (TPSA) is 111 Å². The predicted molar refractivity (Wildman–Crippen MR) is 135 cm³/mol.